The summed E-state index contributed by atoms with van der Waals surface area (Å²) in [6.45, 7) is 10.1. The van der Waals surface area contributed by atoms with Crippen molar-refractivity contribution in [2.75, 3.05) is 26.2 Å². The molecule has 2 amide bonds. The lowest BCUT2D eigenvalue weighted by Crippen LogP contribution is -2.54. The van der Waals surface area contributed by atoms with Crippen LogP contribution in [0.5, 0.6) is 0 Å². The van der Waals surface area contributed by atoms with Crippen molar-refractivity contribution in [1.29, 1.82) is 0 Å². The first-order valence-corrected chi connectivity index (χ1v) is 10.4. The van der Waals surface area contributed by atoms with E-state index in [1.54, 1.807) is 4.90 Å². The molecule has 28 heavy (non-hydrogen) atoms. The van der Waals surface area contributed by atoms with E-state index in [1.807, 2.05) is 62.9 Å². The maximum Gasteiger partial charge on any atom is 0.275 e. The van der Waals surface area contributed by atoms with Crippen molar-refractivity contribution < 1.29 is 9.59 Å². The standard InChI is InChI=1S/C21H27BrN4O2/c1-14(2)17-16(22)18(24-23-17)19(27)25-10-12-26(13-11-25)20(28)21(3,4)15-8-6-5-7-9-15/h5-9,14H,10-13H2,1-4H3,(H,23,24). The van der Waals surface area contributed by atoms with E-state index in [-0.39, 0.29) is 17.7 Å². The quantitative estimate of drug-likeness (QED) is 0.780. The third-order valence-corrected chi connectivity index (χ3v) is 6.20. The lowest BCUT2D eigenvalue weighted by molar-refractivity contribution is -0.137. The van der Waals surface area contributed by atoms with E-state index in [1.165, 1.54) is 0 Å². The fraction of sp³-hybridized carbons (Fsp3) is 0.476. The number of hydrogen-bond acceptors (Lipinski definition) is 3. The van der Waals surface area contributed by atoms with Gasteiger partial charge in [-0.25, -0.2) is 0 Å². The number of piperazine rings is 1. The Hall–Kier alpha value is -2.15. The van der Waals surface area contributed by atoms with Gasteiger partial charge in [-0.1, -0.05) is 44.2 Å². The minimum Gasteiger partial charge on any atom is -0.338 e. The van der Waals surface area contributed by atoms with Crippen molar-refractivity contribution in [3.05, 3.63) is 51.8 Å². The molecule has 0 unspecified atom stereocenters. The van der Waals surface area contributed by atoms with Crippen LogP contribution in [0.2, 0.25) is 0 Å². The smallest absolute Gasteiger partial charge is 0.275 e. The number of H-pyrrole nitrogens is 1. The van der Waals surface area contributed by atoms with E-state index in [4.69, 9.17) is 0 Å². The second-order valence-electron chi connectivity index (χ2n) is 8.03. The first kappa shape index (κ1) is 20.6. The molecule has 0 spiro atoms. The van der Waals surface area contributed by atoms with E-state index in [0.29, 0.717) is 31.9 Å². The highest BCUT2D eigenvalue weighted by Gasteiger charge is 2.36. The highest BCUT2D eigenvalue weighted by molar-refractivity contribution is 9.10. The largest absolute Gasteiger partial charge is 0.338 e. The van der Waals surface area contributed by atoms with Crippen LogP contribution in [0.15, 0.2) is 34.8 Å². The molecule has 1 aliphatic rings. The Kier molecular flexibility index (Phi) is 5.93. The van der Waals surface area contributed by atoms with E-state index in [0.717, 1.165) is 15.7 Å². The van der Waals surface area contributed by atoms with Gasteiger partial charge >= 0.3 is 0 Å². The first-order valence-electron chi connectivity index (χ1n) is 9.61. The molecule has 2 heterocycles. The average Bonchev–Trinajstić information content (AvgIpc) is 3.09. The minimum absolute atomic E-state index is 0.0915. The van der Waals surface area contributed by atoms with Gasteiger partial charge in [-0.05, 0) is 41.3 Å². The highest BCUT2D eigenvalue weighted by atomic mass is 79.9. The van der Waals surface area contributed by atoms with Gasteiger partial charge < -0.3 is 9.80 Å². The number of hydrogen-bond donors (Lipinski definition) is 1. The summed E-state index contributed by atoms with van der Waals surface area (Å²) >= 11 is 3.50. The zero-order valence-corrected chi connectivity index (χ0v) is 18.4. The van der Waals surface area contributed by atoms with Gasteiger partial charge in [0.2, 0.25) is 5.91 Å². The van der Waals surface area contributed by atoms with Gasteiger partial charge in [0.1, 0.15) is 0 Å². The number of rotatable bonds is 4. The minimum atomic E-state index is -0.592. The van der Waals surface area contributed by atoms with Crippen LogP contribution in [0.25, 0.3) is 0 Å². The van der Waals surface area contributed by atoms with Crippen molar-refractivity contribution >= 4 is 27.7 Å². The lowest BCUT2D eigenvalue weighted by Gasteiger charge is -2.38. The number of nitrogens with one attached hydrogen (secondary N) is 1. The average molecular weight is 447 g/mol. The first-order chi connectivity index (χ1) is 13.2. The molecule has 0 bridgehead atoms. The molecule has 6 nitrogen and oxygen atoms in total. The van der Waals surface area contributed by atoms with Crippen LogP contribution in [0.3, 0.4) is 0 Å². The fourth-order valence-corrected chi connectivity index (χ4v) is 4.31. The van der Waals surface area contributed by atoms with E-state index < -0.39 is 5.41 Å². The number of aromatic amines is 1. The molecule has 1 aromatic carbocycles. The van der Waals surface area contributed by atoms with Gasteiger partial charge in [-0.15, -0.1) is 0 Å². The predicted octanol–water partition coefficient (Wildman–Crippen LogP) is 3.56. The van der Waals surface area contributed by atoms with Gasteiger partial charge in [-0.3, -0.25) is 14.7 Å². The molecule has 0 atom stereocenters. The molecule has 2 aromatic rings. The van der Waals surface area contributed by atoms with E-state index in [9.17, 15) is 9.59 Å². The Morgan fingerprint density at radius 2 is 1.64 bits per heavy atom. The highest BCUT2D eigenvalue weighted by Crippen LogP contribution is 2.28. The van der Waals surface area contributed by atoms with Crippen molar-refractivity contribution in [2.24, 2.45) is 0 Å². The summed E-state index contributed by atoms with van der Waals surface area (Å²) in [4.78, 5) is 29.6. The molecule has 1 aromatic heterocycles. The second-order valence-corrected chi connectivity index (χ2v) is 8.82. The topological polar surface area (TPSA) is 69.3 Å². The number of amides is 2. The zero-order chi connectivity index (χ0) is 20.5. The Morgan fingerprint density at radius 3 is 2.18 bits per heavy atom. The lowest BCUT2D eigenvalue weighted by atomic mass is 9.83. The third kappa shape index (κ3) is 3.85. The fourth-order valence-electron chi connectivity index (χ4n) is 3.50. The molecule has 0 saturated carbocycles. The van der Waals surface area contributed by atoms with Crippen LogP contribution >= 0.6 is 15.9 Å². The van der Waals surface area contributed by atoms with Crippen LogP contribution in [0, 0.1) is 0 Å². The summed E-state index contributed by atoms with van der Waals surface area (Å²) in [7, 11) is 0. The monoisotopic (exact) mass is 446 g/mol. The third-order valence-electron chi connectivity index (χ3n) is 5.40. The SMILES string of the molecule is CC(C)c1[nH]nc(C(=O)N2CCN(C(=O)C(C)(C)c3ccccc3)CC2)c1Br. The molecular formula is C21H27BrN4O2. The van der Waals surface area contributed by atoms with Crippen LogP contribution < -0.4 is 0 Å². The van der Waals surface area contributed by atoms with E-state index >= 15 is 0 Å². The molecule has 1 N–H and O–H groups in total. The molecule has 0 aliphatic carbocycles. The molecule has 0 radical (unpaired) electrons. The summed E-state index contributed by atoms with van der Waals surface area (Å²) < 4.78 is 0.733. The van der Waals surface area contributed by atoms with Gasteiger partial charge in [-0.2, -0.15) is 5.10 Å². The van der Waals surface area contributed by atoms with E-state index in [2.05, 4.69) is 26.1 Å². The molecule has 7 heteroatoms. The molecule has 1 fully saturated rings. The molecular weight excluding hydrogens is 420 g/mol. The number of halogens is 1. The van der Waals surface area contributed by atoms with Crippen molar-refractivity contribution in [3.63, 3.8) is 0 Å². The van der Waals surface area contributed by atoms with Gasteiger partial charge in [0.25, 0.3) is 5.91 Å². The summed E-state index contributed by atoms with van der Waals surface area (Å²) in [5.74, 6) is 0.233. The Balaban J connectivity index is 1.66. The number of carbonyl (C=O) groups excluding carboxylic acids is 2. The maximum atomic E-state index is 13.1. The van der Waals surface area contributed by atoms with Gasteiger partial charge in [0.15, 0.2) is 5.69 Å². The summed E-state index contributed by atoms with van der Waals surface area (Å²) in [6.07, 6.45) is 0. The maximum absolute atomic E-state index is 13.1. The summed E-state index contributed by atoms with van der Waals surface area (Å²) in [6, 6.07) is 9.83. The summed E-state index contributed by atoms with van der Waals surface area (Å²) in [5.41, 5.74) is 1.74. The molecule has 3 rings (SSSR count). The normalized spacial score (nSPS) is 15.2. The Labute approximate surface area is 174 Å². The molecule has 1 aliphatic heterocycles. The summed E-state index contributed by atoms with van der Waals surface area (Å²) in [5, 5.41) is 7.15. The predicted molar refractivity (Wildman–Crippen MR) is 112 cm³/mol. The van der Waals surface area contributed by atoms with Gasteiger partial charge in [0, 0.05) is 26.2 Å². The zero-order valence-electron chi connectivity index (χ0n) is 16.8. The Morgan fingerprint density at radius 1 is 1.07 bits per heavy atom. The Bertz CT molecular complexity index is 853. The number of aromatic nitrogens is 2. The number of nitrogens with zero attached hydrogens (tertiary/aromatic N) is 3. The second kappa shape index (κ2) is 8.07. The number of benzene rings is 1. The molecule has 150 valence electrons. The van der Waals surface area contributed by atoms with Crippen LogP contribution in [-0.2, 0) is 10.2 Å². The van der Waals surface area contributed by atoms with Crippen LogP contribution in [0.4, 0.5) is 0 Å². The van der Waals surface area contributed by atoms with Gasteiger partial charge in [0.05, 0.1) is 15.6 Å². The van der Waals surface area contributed by atoms with Crippen molar-refractivity contribution in [3.8, 4) is 0 Å². The number of carbonyl (C=O) groups is 2. The van der Waals surface area contributed by atoms with Crippen LogP contribution in [0.1, 0.15) is 55.4 Å². The van der Waals surface area contributed by atoms with Crippen molar-refractivity contribution in [2.45, 2.75) is 39.0 Å². The molecule has 1 saturated heterocycles. The van der Waals surface area contributed by atoms with Crippen molar-refractivity contribution in [1.82, 2.24) is 20.0 Å². The van der Waals surface area contributed by atoms with Crippen LogP contribution in [-0.4, -0.2) is 58.0 Å².